The molecule has 0 unspecified atom stereocenters. The highest BCUT2D eigenvalue weighted by molar-refractivity contribution is 5.83. The summed E-state index contributed by atoms with van der Waals surface area (Å²) in [6.07, 6.45) is 1.39. The number of nitrogens with one attached hydrogen (secondary N) is 1. The summed E-state index contributed by atoms with van der Waals surface area (Å²) in [5, 5.41) is 3.01. The van der Waals surface area contributed by atoms with Gasteiger partial charge in [-0.2, -0.15) is 0 Å². The maximum Gasteiger partial charge on any atom is 0.227 e. The summed E-state index contributed by atoms with van der Waals surface area (Å²) in [6.45, 7) is 2.71. The van der Waals surface area contributed by atoms with Crippen molar-refractivity contribution < 1.29 is 14.3 Å². The van der Waals surface area contributed by atoms with Gasteiger partial charge in [-0.1, -0.05) is 24.3 Å². The first-order valence-corrected chi connectivity index (χ1v) is 7.33. The van der Waals surface area contributed by atoms with E-state index in [9.17, 15) is 4.79 Å². The molecule has 0 bridgehead atoms. The fourth-order valence-corrected chi connectivity index (χ4v) is 2.58. The van der Waals surface area contributed by atoms with Crippen molar-refractivity contribution in [2.75, 3.05) is 26.9 Å². The van der Waals surface area contributed by atoms with Gasteiger partial charge in [0.05, 0.1) is 12.0 Å². The molecular formula is C16H24N2O3. The van der Waals surface area contributed by atoms with Crippen LogP contribution in [0.25, 0.3) is 0 Å². The van der Waals surface area contributed by atoms with Crippen molar-refractivity contribution in [2.45, 2.75) is 26.0 Å². The van der Waals surface area contributed by atoms with Gasteiger partial charge in [0.1, 0.15) is 0 Å². The number of ether oxygens (including phenoxy) is 2. The van der Waals surface area contributed by atoms with E-state index in [4.69, 9.17) is 15.2 Å². The first-order chi connectivity index (χ1) is 10.2. The molecule has 0 radical (unpaired) electrons. The highest BCUT2D eigenvalue weighted by Gasteiger charge is 2.38. The van der Waals surface area contributed by atoms with Crippen LogP contribution in [0.4, 0.5) is 0 Å². The topological polar surface area (TPSA) is 73.6 Å². The Bertz CT molecular complexity index is 453. The van der Waals surface area contributed by atoms with Gasteiger partial charge >= 0.3 is 0 Å². The number of carbonyl (C=O) groups excluding carboxylic acids is 1. The van der Waals surface area contributed by atoms with E-state index in [1.54, 1.807) is 7.11 Å². The van der Waals surface area contributed by atoms with Gasteiger partial charge in [0.25, 0.3) is 0 Å². The fraction of sp³-hybridized carbons (Fsp3) is 0.562. The highest BCUT2D eigenvalue weighted by atomic mass is 16.5. The van der Waals surface area contributed by atoms with E-state index in [0.29, 0.717) is 45.8 Å². The Kier molecular flexibility index (Phi) is 5.73. The van der Waals surface area contributed by atoms with Crippen molar-refractivity contribution in [3.8, 4) is 0 Å². The molecule has 2 rings (SSSR count). The molecule has 0 spiro atoms. The Morgan fingerprint density at radius 3 is 2.48 bits per heavy atom. The van der Waals surface area contributed by atoms with Gasteiger partial charge < -0.3 is 20.5 Å². The van der Waals surface area contributed by atoms with Crippen molar-refractivity contribution in [1.29, 1.82) is 0 Å². The van der Waals surface area contributed by atoms with Crippen LogP contribution in [0, 0.1) is 5.41 Å². The number of hydrogen-bond donors (Lipinski definition) is 2. The van der Waals surface area contributed by atoms with Gasteiger partial charge in [-0.3, -0.25) is 4.79 Å². The Balaban J connectivity index is 1.90. The maximum atomic E-state index is 12.4. The molecule has 21 heavy (non-hydrogen) atoms. The average Bonchev–Trinajstić information content (AvgIpc) is 2.55. The third kappa shape index (κ3) is 4.03. The van der Waals surface area contributed by atoms with Gasteiger partial charge in [0.15, 0.2) is 0 Å². The minimum atomic E-state index is -0.464. The molecular weight excluding hydrogens is 268 g/mol. The fourth-order valence-electron chi connectivity index (χ4n) is 2.58. The van der Waals surface area contributed by atoms with E-state index in [1.165, 1.54) is 0 Å². The van der Waals surface area contributed by atoms with Crippen LogP contribution < -0.4 is 11.1 Å². The predicted octanol–water partition coefficient (Wildman–Crippen LogP) is 1.20. The molecule has 1 aliphatic heterocycles. The summed E-state index contributed by atoms with van der Waals surface area (Å²) in [7, 11) is 1.67. The number of hydrogen-bond acceptors (Lipinski definition) is 4. The second kappa shape index (κ2) is 7.54. The largest absolute Gasteiger partial charge is 0.381 e. The molecule has 116 valence electrons. The Morgan fingerprint density at radius 2 is 1.90 bits per heavy atom. The minimum Gasteiger partial charge on any atom is -0.381 e. The Morgan fingerprint density at radius 1 is 1.29 bits per heavy atom. The van der Waals surface area contributed by atoms with Crippen LogP contribution in [0.3, 0.4) is 0 Å². The zero-order valence-electron chi connectivity index (χ0n) is 12.6. The summed E-state index contributed by atoms with van der Waals surface area (Å²) in [5.74, 6) is 0.0364. The molecule has 0 aromatic heterocycles. The van der Waals surface area contributed by atoms with E-state index in [2.05, 4.69) is 5.32 Å². The molecule has 1 aromatic carbocycles. The standard InChI is InChI=1S/C16H24N2O3/c1-20-11-14-4-2-13(3-5-14)10-18-15(19)16(12-17)6-8-21-9-7-16/h2-5H,6-12,17H2,1H3,(H,18,19). The van der Waals surface area contributed by atoms with E-state index < -0.39 is 5.41 Å². The van der Waals surface area contributed by atoms with Gasteiger partial charge in [0, 0.05) is 33.4 Å². The number of nitrogens with two attached hydrogens (primary N) is 1. The van der Waals surface area contributed by atoms with Crippen LogP contribution in [0.1, 0.15) is 24.0 Å². The Hall–Kier alpha value is -1.43. The van der Waals surface area contributed by atoms with Crippen LogP contribution in [-0.4, -0.2) is 32.8 Å². The summed E-state index contributed by atoms with van der Waals surface area (Å²) in [4.78, 5) is 12.4. The smallest absolute Gasteiger partial charge is 0.227 e. The number of methoxy groups -OCH3 is 1. The van der Waals surface area contributed by atoms with Gasteiger partial charge in [-0.25, -0.2) is 0 Å². The minimum absolute atomic E-state index is 0.0364. The second-order valence-electron chi connectivity index (χ2n) is 5.53. The van der Waals surface area contributed by atoms with E-state index >= 15 is 0 Å². The van der Waals surface area contributed by atoms with Crippen molar-refractivity contribution in [3.05, 3.63) is 35.4 Å². The van der Waals surface area contributed by atoms with Crippen LogP contribution in [0.2, 0.25) is 0 Å². The normalized spacial score (nSPS) is 17.4. The molecule has 0 atom stereocenters. The average molecular weight is 292 g/mol. The van der Waals surface area contributed by atoms with Crippen molar-refractivity contribution in [3.63, 3.8) is 0 Å². The van der Waals surface area contributed by atoms with Crippen LogP contribution in [-0.2, 0) is 27.4 Å². The molecule has 1 fully saturated rings. The van der Waals surface area contributed by atoms with Gasteiger partial charge in [-0.15, -0.1) is 0 Å². The number of carbonyl (C=O) groups is 1. The molecule has 1 aromatic rings. The maximum absolute atomic E-state index is 12.4. The molecule has 3 N–H and O–H groups in total. The van der Waals surface area contributed by atoms with Crippen molar-refractivity contribution in [2.24, 2.45) is 11.1 Å². The lowest BCUT2D eigenvalue weighted by atomic mass is 9.79. The quantitative estimate of drug-likeness (QED) is 0.826. The van der Waals surface area contributed by atoms with Gasteiger partial charge in [-0.05, 0) is 24.0 Å². The van der Waals surface area contributed by atoms with Crippen LogP contribution in [0.5, 0.6) is 0 Å². The summed E-state index contributed by atoms with van der Waals surface area (Å²) >= 11 is 0. The SMILES string of the molecule is COCc1ccc(CNC(=O)C2(CN)CCOCC2)cc1. The molecule has 5 nitrogen and oxygen atoms in total. The molecule has 5 heteroatoms. The lowest BCUT2D eigenvalue weighted by Crippen LogP contribution is -2.48. The predicted molar refractivity (Wildman–Crippen MR) is 80.5 cm³/mol. The highest BCUT2D eigenvalue weighted by Crippen LogP contribution is 2.29. The zero-order chi connectivity index (χ0) is 15.1. The van der Waals surface area contributed by atoms with Crippen molar-refractivity contribution in [1.82, 2.24) is 5.32 Å². The van der Waals surface area contributed by atoms with E-state index in [0.717, 1.165) is 11.1 Å². The summed E-state index contributed by atoms with van der Waals surface area (Å²) < 4.78 is 10.4. The molecule has 1 heterocycles. The third-order valence-electron chi connectivity index (χ3n) is 4.11. The zero-order valence-corrected chi connectivity index (χ0v) is 12.6. The molecule has 0 saturated carbocycles. The van der Waals surface area contributed by atoms with E-state index in [1.807, 2.05) is 24.3 Å². The molecule has 1 saturated heterocycles. The number of rotatable bonds is 6. The van der Waals surface area contributed by atoms with Crippen LogP contribution in [0.15, 0.2) is 24.3 Å². The number of benzene rings is 1. The van der Waals surface area contributed by atoms with Gasteiger partial charge in [0.2, 0.25) is 5.91 Å². The first kappa shape index (κ1) is 15.9. The third-order valence-corrected chi connectivity index (χ3v) is 4.11. The second-order valence-corrected chi connectivity index (χ2v) is 5.53. The van der Waals surface area contributed by atoms with E-state index in [-0.39, 0.29) is 5.91 Å². The first-order valence-electron chi connectivity index (χ1n) is 7.33. The molecule has 1 aliphatic rings. The lowest BCUT2D eigenvalue weighted by Gasteiger charge is -2.34. The summed E-state index contributed by atoms with van der Waals surface area (Å²) in [6, 6.07) is 8.04. The molecule has 1 amide bonds. The van der Waals surface area contributed by atoms with Crippen molar-refractivity contribution >= 4 is 5.91 Å². The van der Waals surface area contributed by atoms with Crippen LogP contribution >= 0.6 is 0 Å². The Labute approximate surface area is 125 Å². The summed E-state index contributed by atoms with van der Waals surface area (Å²) in [5.41, 5.74) is 7.56. The number of amides is 1. The molecule has 0 aliphatic carbocycles. The monoisotopic (exact) mass is 292 g/mol. The lowest BCUT2D eigenvalue weighted by molar-refractivity contribution is -0.136.